The molecular weight excluding hydrogens is 310 g/mol. The van der Waals surface area contributed by atoms with Crippen LogP contribution < -0.4 is 5.32 Å². The molecule has 132 valence electrons. The third kappa shape index (κ3) is 4.91. The van der Waals surface area contributed by atoms with Crippen molar-refractivity contribution < 1.29 is 4.79 Å². The Morgan fingerprint density at radius 3 is 2.28 bits per heavy atom. The van der Waals surface area contributed by atoms with Gasteiger partial charge in [-0.15, -0.1) is 0 Å². The molecule has 1 saturated heterocycles. The van der Waals surface area contributed by atoms with Gasteiger partial charge in [0.15, 0.2) is 0 Å². The standard InChI is InChI=1S/C21H27N3O/c1-23(2)20-12-14-24(15-13-20)16-17-8-10-19(11-9-17)22-21(25)18-6-4-3-5-7-18/h3-11,20H,12-16H2,1-2H3,(H,22,25). The summed E-state index contributed by atoms with van der Waals surface area (Å²) in [5.74, 6) is -0.0703. The average Bonchev–Trinajstić information content (AvgIpc) is 2.64. The monoisotopic (exact) mass is 337 g/mol. The van der Waals surface area contributed by atoms with E-state index < -0.39 is 0 Å². The molecule has 1 aliphatic heterocycles. The topological polar surface area (TPSA) is 35.6 Å². The van der Waals surface area contributed by atoms with E-state index in [1.807, 2.05) is 42.5 Å². The third-order valence-corrected chi connectivity index (χ3v) is 4.94. The second-order valence-corrected chi connectivity index (χ2v) is 6.99. The maximum absolute atomic E-state index is 12.2. The number of piperidine rings is 1. The number of likely N-dealkylation sites (tertiary alicyclic amines) is 1. The van der Waals surface area contributed by atoms with Gasteiger partial charge >= 0.3 is 0 Å². The molecule has 1 N–H and O–H groups in total. The van der Waals surface area contributed by atoms with Gasteiger partial charge in [0.1, 0.15) is 0 Å². The van der Waals surface area contributed by atoms with Gasteiger partial charge in [-0.2, -0.15) is 0 Å². The van der Waals surface area contributed by atoms with E-state index in [-0.39, 0.29) is 5.91 Å². The van der Waals surface area contributed by atoms with Crippen LogP contribution in [0.15, 0.2) is 54.6 Å². The van der Waals surface area contributed by atoms with Gasteiger partial charge in [-0.1, -0.05) is 30.3 Å². The summed E-state index contributed by atoms with van der Waals surface area (Å²) in [6, 6.07) is 18.2. The number of amides is 1. The first-order chi connectivity index (χ1) is 12.1. The fraction of sp³-hybridized carbons (Fsp3) is 0.381. The minimum absolute atomic E-state index is 0.0703. The summed E-state index contributed by atoms with van der Waals surface area (Å²) < 4.78 is 0. The van der Waals surface area contributed by atoms with Crippen molar-refractivity contribution >= 4 is 11.6 Å². The highest BCUT2D eigenvalue weighted by Gasteiger charge is 2.20. The van der Waals surface area contributed by atoms with Gasteiger partial charge in [-0.3, -0.25) is 9.69 Å². The van der Waals surface area contributed by atoms with Crippen LogP contribution in [0.5, 0.6) is 0 Å². The number of anilines is 1. The zero-order valence-corrected chi connectivity index (χ0v) is 15.1. The molecule has 0 bridgehead atoms. The Morgan fingerprint density at radius 2 is 1.68 bits per heavy atom. The lowest BCUT2D eigenvalue weighted by Gasteiger charge is -2.35. The highest BCUT2D eigenvalue weighted by molar-refractivity contribution is 6.04. The molecule has 1 heterocycles. The first-order valence-electron chi connectivity index (χ1n) is 8.96. The van der Waals surface area contributed by atoms with Crippen molar-refractivity contribution in [2.24, 2.45) is 0 Å². The van der Waals surface area contributed by atoms with Crippen molar-refractivity contribution in [2.45, 2.75) is 25.4 Å². The number of carbonyl (C=O) groups excluding carboxylic acids is 1. The van der Waals surface area contributed by atoms with E-state index in [1.165, 1.54) is 18.4 Å². The Bertz CT molecular complexity index is 674. The summed E-state index contributed by atoms with van der Waals surface area (Å²) in [5, 5.41) is 2.95. The molecule has 1 aliphatic rings. The second kappa shape index (κ2) is 8.28. The van der Waals surface area contributed by atoms with Gasteiger partial charge in [0, 0.05) is 23.8 Å². The fourth-order valence-electron chi connectivity index (χ4n) is 3.34. The molecule has 2 aromatic carbocycles. The number of benzene rings is 2. The molecule has 1 fully saturated rings. The van der Waals surface area contributed by atoms with Crippen molar-refractivity contribution in [3.63, 3.8) is 0 Å². The summed E-state index contributed by atoms with van der Waals surface area (Å²) in [4.78, 5) is 17.0. The highest BCUT2D eigenvalue weighted by atomic mass is 16.1. The van der Waals surface area contributed by atoms with Gasteiger partial charge in [-0.05, 0) is 69.9 Å². The van der Waals surface area contributed by atoms with Crippen molar-refractivity contribution in [1.82, 2.24) is 9.80 Å². The second-order valence-electron chi connectivity index (χ2n) is 6.99. The van der Waals surface area contributed by atoms with E-state index in [2.05, 4.69) is 41.3 Å². The smallest absolute Gasteiger partial charge is 0.255 e. The van der Waals surface area contributed by atoms with Gasteiger partial charge < -0.3 is 10.2 Å². The molecule has 4 nitrogen and oxygen atoms in total. The SMILES string of the molecule is CN(C)C1CCN(Cc2ccc(NC(=O)c3ccccc3)cc2)CC1. The summed E-state index contributed by atoms with van der Waals surface area (Å²) >= 11 is 0. The normalized spacial score (nSPS) is 16.1. The predicted molar refractivity (Wildman–Crippen MR) is 103 cm³/mol. The summed E-state index contributed by atoms with van der Waals surface area (Å²) in [6.45, 7) is 3.28. The van der Waals surface area contributed by atoms with Crippen LogP contribution in [0.4, 0.5) is 5.69 Å². The summed E-state index contributed by atoms with van der Waals surface area (Å²) in [7, 11) is 4.34. The molecule has 0 spiro atoms. The molecule has 0 aliphatic carbocycles. The summed E-state index contributed by atoms with van der Waals surface area (Å²) in [6.07, 6.45) is 2.47. The quantitative estimate of drug-likeness (QED) is 0.907. The van der Waals surface area contributed by atoms with E-state index >= 15 is 0 Å². The lowest BCUT2D eigenvalue weighted by molar-refractivity contribution is 0.102. The molecule has 0 atom stereocenters. The average molecular weight is 337 g/mol. The number of nitrogens with one attached hydrogen (secondary N) is 1. The highest BCUT2D eigenvalue weighted by Crippen LogP contribution is 2.18. The molecule has 0 radical (unpaired) electrons. The number of hydrogen-bond acceptors (Lipinski definition) is 3. The zero-order valence-electron chi connectivity index (χ0n) is 15.1. The van der Waals surface area contributed by atoms with E-state index in [0.29, 0.717) is 11.6 Å². The zero-order chi connectivity index (χ0) is 17.6. The van der Waals surface area contributed by atoms with Gasteiger partial charge in [-0.25, -0.2) is 0 Å². The first-order valence-corrected chi connectivity index (χ1v) is 8.96. The van der Waals surface area contributed by atoms with Crippen molar-refractivity contribution in [1.29, 1.82) is 0 Å². The lowest BCUT2D eigenvalue weighted by Crippen LogP contribution is -2.41. The number of rotatable bonds is 5. The molecule has 0 unspecified atom stereocenters. The predicted octanol–water partition coefficient (Wildman–Crippen LogP) is 3.46. The van der Waals surface area contributed by atoms with Gasteiger partial charge in [0.2, 0.25) is 0 Å². The fourth-order valence-corrected chi connectivity index (χ4v) is 3.34. The van der Waals surface area contributed by atoms with Crippen LogP contribution in [0.3, 0.4) is 0 Å². The minimum atomic E-state index is -0.0703. The Morgan fingerprint density at radius 1 is 1.04 bits per heavy atom. The lowest BCUT2D eigenvalue weighted by atomic mass is 10.0. The van der Waals surface area contributed by atoms with E-state index in [0.717, 1.165) is 25.3 Å². The molecular formula is C21H27N3O. The maximum Gasteiger partial charge on any atom is 0.255 e. The molecule has 3 rings (SSSR count). The van der Waals surface area contributed by atoms with Crippen LogP contribution in [-0.4, -0.2) is 48.9 Å². The van der Waals surface area contributed by atoms with E-state index in [9.17, 15) is 4.79 Å². The third-order valence-electron chi connectivity index (χ3n) is 4.94. The minimum Gasteiger partial charge on any atom is -0.322 e. The Labute approximate surface area is 150 Å². The van der Waals surface area contributed by atoms with E-state index in [4.69, 9.17) is 0 Å². The summed E-state index contributed by atoms with van der Waals surface area (Å²) in [5.41, 5.74) is 2.81. The van der Waals surface area contributed by atoms with E-state index in [1.54, 1.807) is 0 Å². The Kier molecular flexibility index (Phi) is 5.84. The Balaban J connectivity index is 1.52. The molecule has 25 heavy (non-hydrogen) atoms. The van der Waals surface area contributed by atoms with Gasteiger partial charge in [0.05, 0.1) is 0 Å². The van der Waals surface area contributed by atoms with Crippen LogP contribution in [0.25, 0.3) is 0 Å². The van der Waals surface area contributed by atoms with Crippen molar-refractivity contribution in [3.8, 4) is 0 Å². The van der Waals surface area contributed by atoms with Crippen LogP contribution in [-0.2, 0) is 6.54 Å². The molecule has 0 saturated carbocycles. The van der Waals surface area contributed by atoms with Gasteiger partial charge in [0.25, 0.3) is 5.91 Å². The van der Waals surface area contributed by atoms with Crippen molar-refractivity contribution in [3.05, 3.63) is 65.7 Å². The molecule has 1 amide bonds. The van der Waals surface area contributed by atoms with Crippen LogP contribution in [0, 0.1) is 0 Å². The number of hydrogen-bond donors (Lipinski definition) is 1. The molecule has 2 aromatic rings. The first kappa shape index (κ1) is 17.6. The number of nitrogens with zero attached hydrogens (tertiary/aromatic N) is 2. The maximum atomic E-state index is 12.2. The van der Waals surface area contributed by atoms with Crippen molar-refractivity contribution in [2.75, 3.05) is 32.5 Å². The largest absolute Gasteiger partial charge is 0.322 e. The number of carbonyl (C=O) groups is 1. The Hall–Kier alpha value is -2.17. The van der Waals surface area contributed by atoms with Crippen LogP contribution in [0.2, 0.25) is 0 Å². The van der Waals surface area contributed by atoms with Crippen LogP contribution in [0.1, 0.15) is 28.8 Å². The molecule has 0 aromatic heterocycles. The van der Waals surface area contributed by atoms with Crippen LogP contribution >= 0.6 is 0 Å². The molecule has 4 heteroatoms.